The Morgan fingerprint density at radius 3 is 2.40 bits per heavy atom. The Bertz CT molecular complexity index is 745. The first-order valence-electron chi connectivity index (χ1n) is 6.80. The van der Waals surface area contributed by atoms with Crippen LogP contribution < -0.4 is 0 Å². The molecule has 0 saturated heterocycles. The second kappa shape index (κ2) is 5.06. The van der Waals surface area contributed by atoms with E-state index in [-0.39, 0.29) is 0 Å². The molecule has 2 nitrogen and oxygen atoms in total. The number of hydrogen-bond donors (Lipinski definition) is 1. The molecule has 3 aromatic rings. The topological polar surface area (TPSA) is 33.1 Å². The maximum absolute atomic E-state index is 10.0. The van der Waals surface area contributed by atoms with Crippen molar-refractivity contribution in [2.45, 2.75) is 20.0 Å². The van der Waals surface area contributed by atoms with E-state index < -0.39 is 6.10 Å². The third-order valence-electron chi connectivity index (χ3n) is 3.55. The number of aromatic nitrogens is 1. The van der Waals surface area contributed by atoms with Crippen LogP contribution in [0.2, 0.25) is 0 Å². The molecule has 0 amide bonds. The normalized spacial score (nSPS) is 12.6. The summed E-state index contributed by atoms with van der Waals surface area (Å²) in [7, 11) is 0. The maximum atomic E-state index is 10.0. The van der Waals surface area contributed by atoms with E-state index in [2.05, 4.69) is 31.2 Å². The summed E-state index contributed by atoms with van der Waals surface area (Å²) in [4.78, 5) is 4.71. The zero-order valence-electron chi connectivity index (χ0n) is 11.7. The molecule has 1 atom stereocenters. The fraction of sp³-hybridized carbons (Fsp3) is 0.167. The van der Waals surface area contributed by atoms with Crippen LogP contribution in [-0.4, -0.2) is 10.1 Å². The molecule has 100 valence electrons. The number of hydrogen-bond acceptors (Lipinski definition) is 2. The van der Waals surface area contributed by atoms with Crippen molar-refractivity contribution < 1.29 is 5.11 Å². The summed E-state index contributed by atoms with van der Waals surface area (Å²) in [6, 6.07) is 18.2. The second-order valence-corrected chi connectivity index (χ2v) is 5.16. The van der Waals surface area contributed by atoms with Crippen molar-refractivity contribution >= 4 is 10.9 Å². The molecule has 0 aliphatic rings. The van der Waals surface area contributed by atoms with E-state index in [4.69, 9.17) is 4.98 Å². The quantitative estimate of drug-likeness (QED) is 0.749. The third-order valence-corrected chi connectivity index (χ3v) is 3.55. The van der Waals surface area contributed by atoms with Crippen molar-refractivity contribution in [3.8, 4) is 11.3 Å². The van der Waals surface area contributed by atoms with E-state index in [1.165, 1.54) is 5.56 Å². The average molecular weight is 263 g/mol. The van der Waals surface area contributed by atoms with Gasteiger partial charge in [0.1, 0.15) is 0 Å². The molecule has 0 aliphatic carbocycles. The van der Waals surface area contributed by atoms with E-state index in [1.807, 2.05) is 30.3 Å². The number of aliphatic hydroxyl groups is 1. The monoisotopic (exact) mass is 263 g/mol. The van der Waals surface area contributed by atoms with Crippen molar-refractivity contribution in [3.05, 3.63) is 65.7 Å². The lowest BCUT2D eigenvalue weighted by atomic mass is 10.0. The number of aryl methyl sites for hydroxylation is 1. The predicted octanol–water partition coefficient (Wildman–Crippen LogP) is 4.26. The number of pyridine rings is 1. The highest BCUT2D eigenvalue weighted by Gasteiger charge is 2.10. The first-order chi connectivity index (χ1) is 9.65. The Morgan fingerprint density at radius 2 is 1.70 bits per heavy atom. The van der Waals surface area contributed by atoms with Gasteiger partial charge in [0.2, 0.25) is 0 Å². The number of aliphatic hydroxyl groups excluding tert-OH is 1. The Morgan fingerprint density at radius 1 is 1.00 bits per heavy atom. The second-order valence-electron chi connectivity index (χ2n) is 5.16. The van der Waals surface area contributed by atoms with Crippen LogP contribution in [0.15, 0.2) is 54.6 Å². The van der Waals surface area contributed by atoms with Gasteiger partial charge in [-0.3, -0.25) is 0 Å². The molecule has 1 aromatic heterocycles. The minimum Gasteiger partial charge on any atom is -0.389 e. The minimum atomic E-state index is -0.507. The number of rotatable bonds is 2. The van der Waals surface area contributed by atoms with E-state index in [0.29, 0.717) is 0 Å². The van der Waals surface area contributed by atoms with Crippen LogP contribution in [0.25, 0.3) is 22.2 Å². The van der Waals surface area contributed by atoms with Crippen molar-refractivity contribution in [1.29, 1.82) is 0 Å². The maximum Gasteiger partial charge on any atom is 0.0769 e. The highest BCUT2D eigenvalue weighted by molar-refractivity contribution is 5.85. The highest BCUT2D eigenvalue weighted by Crippen LogP contribution is 2.28. The molecule has 0 spiro atoms. The molecule has 1 heterocycles. The van der Waals surface area contributed by atoms with Gasteiger partial charge in [0.25, 0.3) is 0 Å². The zero-order valence-corrected chi connectivity index (χ0v) is 11.7. The third kappa shape index (κ3) is 2.30. The Labute approximate surface area is 118 Å². The molecule has 0 fully saturated rings. The number of para-hydroxylation sites is 1. The summed E-state index contributed by atoms with van der Waals surface area (Å²) < 4.78 is 0. The number of fused-ring (bicyclic) bond motifs is 1. The molecular formula is C18H17NO. The summed E-state index contributed by atoms with van der Waals surface area (Å²) in [5.74, 6) is 0. The Kier molecular flexibility index (Phi) is 3.25. The van der Waals surface area contributed by atoms with Gasteiger partial charge >= 0.3 is 0 Å². The van der Waals surface area contributed by atoms with Gasteiger partial charge in [-0.1, -0.05) is 48.0 Å². The molecule has 0 unspecified atom stereocenters. The SMILES string of the molecule is Cc1ccc(-c2cc([C@H](C)O)c3ccccc3n2)cc1. The van der Waals surface area contributed by atoms with E-state index in [0.717, 1.165) is 27.7 Å². The van der Waals surface area contributed by atoms with Gasteiger partial charge in [-0.2, -0.15) is 0 Å². The predicted molar refractivity (Wildman–Crippen MR) is 82.5 cm³/mol. The standard InChI is InChI=1S/C18H17NO/c1-12-7-9-14(10-8-12)18-11-16(13(2)20)15-5-3-4-6-17(15)19-18/h3-11,13,20H,1-2H3/t13-/m0/s1. The van der Waals surface area contributed by atoms with Crippen molar-refractivity contribution in [3.63, 3.8) is 0 Å². The molecule has 3 rings (SSSR count). The highest BCUT2D eigenvalue weighted by atomic mass is 16.3. The number of nitrogens with zero attached hydrogens (tertiary/aromatic N) is 1. The van der Waals surface area contributed by atoms with Crippen LogP contribution in [0.3, 0.4) is 0 Å². The fourth-order valence-electron chi connectivity index (χ4n) is 2.42. The Balaban J connectivity index is 2.24. The van der Waals surface area contributed by atoms with Gasteiger partial charge in [0.15, 0.2) is 0 Å². The van der Waals surface area contributed by atoms with Crippen molar-refractivity contribution in [1.82, 2.24) is 4.98 Å². The lowest BCUT2D eigenvalue weighted by Crippen LogP contribution is -1.96. The molecule has 0 saturated carbocycles. The van der Waals surface area contributed by atoms with Crippen LogP contribution >= 0.6 is 0 Å². The summed E-state index contributed by atoms with van der Waals surface area (Å²) in [6.45, 7) is 3.86. The lowest BCUT2D eigenvalue weighted by molar-refractivity contribution is 0.201. The van der Waals surface area contributed by atoms with Gasteiger partial charge in [0, 0.05) is 10.9 Å². The molecule has 0 aliphatic heterocycles. The first-order valence-corrected chi connectivity index (χ1v) is 6.80. The zero-order chi connectivity index (χ0) is 14.1. The van der Waals surface area contributed by atoms with Crippen LogP contribution in [0.5, 0.6) is 0 Å². The Hall–Kier alpha value is -2.19. The minimum absolute atomic E-state index is 0.507. The van der Waals surface area contributed by atoms with Crippen molar-refractivity contribution in [2.75, 3.05) is 0 Å². The van der Waals surface area contributed by atoms with Crippen LogP contribution in [0.4, 0.5) is 0 Å². The van der Waals surface area contributed by atoms with Gasteiger partial charge in [0.05, 0.1) is 17.3 Å². The molecule has 0 radical (unpaired) electrons. The van der Waals surface area contributed by atoms with Gasteiger partial charge in [-0.05, 0) is 31.5 Å². The molecule has 2 aromatic carbocycles. The summed E-state index contributed by atoms with van der Waals surface area (Å²) in [5.41, 5.74) is 5.04. The molecule has 0 bridgehead atoms. The summed E-state index contributed by atoms with van der Waals surface area (Å²) in [6.07, 6.45) is -0.507. The summed E-state index contributed by atoms with van der Waals surface area (Å²) >= 11 is 0. The fourth-order valence-corrected chi connectivity index (χ4v) is 2.42. The van der Waals surface area contributed by atoms with E-state index in [9.17, 15) is 5.11 Å². The largest absolute Gasteiger partial charge is 0.389 e. The van der Waals surface area contributed by atoms with Gasteiger partial charge in [-0.25, -0.2) is 4.98 Å². The lowest BCUT2D eigenvalue weighted by Gasteiger charge is -2.12. The number of benzene rings is 2. The molecule has 1 N–H and O–H groups in total. The van der Waals surface area contributed by atoms with E-state index >= 15 is 0 Å². The van der Waals surface area contributed by atoms with Crippen LogP contribution in [0.1, 0.15) is 24.2 Å². The van der Waals surface area contributed by atoms with Gasteiger partial charge in [-0.15, -0.1) is 0 Å². The van der Waals surface area contributed by atoms with Crippen LogP contribution in [-0.2, 0) is 0 Å². The van der Waals surface area contributed by atoms with Gasteiger partial charge < -0.3 is 5.11 Å². The summed E-state index contributed by atoms with van der Waals surface area (Å²) in [5, 5.41) is 11.0. The van der Waals surface area contributed by atoms with Crippen molar-refractivity contribution in [2.24, 2.45) is 0 Å². The smallest absolute Gasteiger partial charge is 0.0769 e. The van der Waals surface area contributed by atoms with E-state index in [1.54, 1.807) is 6.92 Å². The average Bonchev–Trinajstić information content (AvgIpc) is 2.46. The molecule has 2 heteroatoms. The molecular weight excluding hydrogens is 246 g/mol. The van der Waals surface area contributed by atoms with Crippen LogP contribution in [0, 0.1) is 6.92 Å². The molecule has 20 heavy (non-hydrogen) atoms. The first kappa shape index (κ1) is 12.8.